The molecule has 0 fully saturated rings. The molecule has 3 nitrogen and oxygen atoms in total. The molecule has 2 aromatic carbocycles. The van der Waals surface area contributed by atoms with Gasteiger partial charge in [0.15, 0.2) is 11.6 Å². The van der Waals surface area contributed by atoms with Crippen LogP contribution in [0.5, 0.6) is 11.5 Å². The van der Waals surface area contributed by atoms with E-state index in [4.69, 9.17) is 14.7 Å². The van der Waals surface area contributed by atoms with E-state index in [1.807, 2.05) is 6.07 Å². The summed E-state index contributed by atoms with van der Waals surface area (Å²) in [6.07, 6.45) is 0.596. The fraction of sp³-hybridized carbons (Fsp3) is 0.188. The molecule has 0 unspecified atom stereocenters. The summed E-state index contributed by atoms with van der Waals surface area (Å²) in [6, 6.07) is 12.2. The molecular weight excluding hydrogens is 276 g/mol. The Balaban J connectivity index is 1.69. The van der Waals surface area contributed by atoms with E-state index in [-0.39, 0.29) is 5.75 Å². The smallest absolute Gasteiger partial charge is 0.162 e. The van der Waals surface area contributed by atoms with Crippen LogP contribution in [-0.2, 0) is 0 Å². The topological polar surface area (TPSA) is 42.2 Å². The monoisotopic (exact) mass is 289 g/mol. The van der Waals surface area contributed by atoms with Crippen molar-refractivity contribution in [2.75, 3.05) is 13.2 Å². The number of nitriles is 1. The highest BCUT2D eigenvalue weighted by Gasteiger charge is 2.03. The van der Waals surface area contributed by atoms with Crippen LogP contribution in [0.15, 0.2) is 42.5 Å². The molecule has 0 atom stereocenters. The number of halogens is 2. The number of hydrogen-bond acceptors (Lipinski definition) is 3. The zero-order valence-electron chi connectivity index (χ0n) is 11.2. The van der Waals surface area contributed by atoms with Crippen LogP contribution >= 0.6 is 0 Å². The Kier molecular flexibility index (Phi) is 5.10. The number of ether oxygens (including phenoxy) is 2. The molecule has 0 amide bonds. The first-order chi connectivity index (χ1) is 10.2. The molecule has 2 rings (SSSR count). The zero-order valence-corrected chi connectivity index (χ0v) is 11.2. The van der Waals surface area contributed by atoms with Crippen molar-refractivity contribution in [3.63, 3.8) is 0 Å². The standard InChI is InChI=1S/C16H13F2NO2/c17-15-7-6-14(10-16(15)18)21-9-1-8-20-13-4-2-12(11-19)3-5-13/h2-7,10H,1,8-9H2. The molecular formula is C16H13F2NO2. The predicted molar refractivity (Wildman–Crippen MR) is 73.1 cm³/mol. The molecule has 0 radical (unpaired) electrons. The lowest BCUT2D eigenvalue weighted by Gasteiger charge is -2.08. The van der Waals surface area contributed by atoms with Crippen molar-refractivity contribution in [3.05, 3.63) is 59.7 Å². The SMILES string of the molecule is N#Cc1ccc(OCCCOc2ccc(F)c(F)c2)cc1. The van der Waals surface area contributed by atoms with Gasteiger partial charge in [-0.2, -0.15) is 5.26 Å². The van der Waals surface area contributed by atoms with Gasteiger partial charge in [0.2, 0.25) is 0 Å². The van der Waals surface area contributed by atoms with Crippen LogP contribution < -0.4 is 9.47 Å². The zero-order chi connectivity index (χ0) is 15.1. The quantitative estimate of drug-likeness (QED) is 0.762. The first-order valence-electron chi connectivity index (χ1n) is 6.40. The van der Waals surface area contributed by atoms with Gasteiger partial charge in [-0.1, -0.05) is 0 Å². The average Bonchev–Trinajstić information content (AvgIpc) is 2.51. The fourth-order valence-corrected chi connectivity index (χ4v) is 1.63. The highest BCUT2D eigenvalue weighted by Crippen LogP contribution is 2.16. The molecule has 0 aliphatic carbocycles. The van der Waals surface area contributed by atoms with Crippen molar-refractivity contribution in [3.8, 4) is 17.6 Å². The lowest BCUT2D eigenvalue weighted by atomic mass is 10.2. The number of benzene rings is 2. The van der Waals surface area contributed by atoms with Crippen LogP contribution in [0.3, 0.4) is 0 Å². The van der Waals surface area contributed by atoms with Crippen LogP contribution in [-0.4, -0.2) is 13.2 Å². The van der Waals surface area contributed by atoms with Gasteiger partial charge in [-0.3, -0.25) is 0 Å². The molecule has 5 heteroatoms. The van der Waals surface area contributed by atoms with Gasteiger partial charge in [0.25, 0.3) is 0 Å². The summed E-state index contributed by atoms with van der Waals surface area (Å²) in [6.45, 7) is 0.761. The largest absolute Gasteiger partial charge is 0.493 e. The van der Waals surface area contributed by atoms with E-state index < -0.39 is 11.6 Å². The van der Waals surface area contributed by atoms with Crippen molar-refractivity contribution < 1.29 is 18.3 Å². The molecule has 21 heavy (non-hydrogen) atoms. The molecule has 0 saturated heterocycles. The van der Waals surface area contributed by atoms with Crippen LogP contribution in [0.4, 0.5) is 8.78 Å². The summed E-state index contributed by atoms with van der Waals surface area (Å²) in [5.41, 5.74) is 0.573. The molecule has 0 aliphatic heterocycles. The maximum atomic E-state index is 12.9. The normalized spacial score (nSPS) is 9.95. The summed E-state index contributed by atoms with van der Waals surface area (Å²) in [7, 11) is 0. The van der Waals surface area contributed by atoms with E-state index in [1.165, 1.54) is 6.07 Å². The van der Waals surface area contributed by atoms with Crippen LogP contribution in [0, 0.1) is 23.0 Å². The third-order valence-corrected chi connectivity index (χ3v) is 2.70. The molecule has 0 bridgehead atoms. The van der Waals surface area contributed by atoms with Crippen molar-refractivity contribution in [2.45, 2.75) is 6.42 Å². The number of nitrogens with zero attached hydrogens (tertiary/aromatic N) is 1. The molecule has 0 aromatic heterocycles. The highest BCUT2D eigenvalue weighted by atomic mass is 19.2. The Morgan fingerprint density at radius 2 is 1.48 bits per heavy atom. The van der Waals surface area contributed by atoms with Crippen LogP contribution in [0.25, 0.3) is 0 Å². The lowest BCUT2D eigenvalue weighted by molar-refractivity contribution is 0.246. The van der Waals surface area contributed by atoms with Crippen molar-refractivity contribution >= 4 is 0 Å². The first kappa shape index (κ1) is 14.8. The highest BCUT2D eigenvalue weighted by molar-refractivity contribution is 5.34. The van der Waals surface area contributed by atoms with Gasteiger partial charge in [0, 0.05) is 12.5 Å². The second-order valence-corrected chi connectivity index (χ2v) is 4.26. The minimum atomic E-state index is -0.929. The fourth-order valence-electron chi connectivity index (χ4n) is 1.63. The minimum Gasteiger partial charge on any atom is -0.493 e. The van der Waals surface area contributed by atoms with Crippen LogP contribution in [0.2, 0.25) is 0 Å². The molecule has 0 saturated carbocycles. The molecule has 0 N–H and O–H groups in total. The number of rotatable bonds is 6. The van der Waals surface area contributed by atoms with Gasteiger partial charge >= 0.3 is 0 Å². The summed E-state index contributed by atoms with van der Waals surface area (Å²) < 4.78 is 36.4. The summed E-state index contributed by atoms with van der Waals surface area (Å²) in [5, 5.41) is 8.66. The van der Waals surface area contributed by atoms with Gasteiger partial charge in [0.05, 0.1) is 24.8 Å². The number of hydrogen-bond donors (Lipinski definition) is 0. The van der Waals surface area contributed by atoms with Gasteiger partial charge in [-0.05, 0) is 36.4 Å². The molecule has 0 heterocycles. The summed E-state index contributed by atoms with van der Waals surface area (Å²) in [4.78, 5) is 0. The molecule has 108 valence electrons. The Labute approximate surface area is 121 Å². The Morgan fingerprint density at radius 1 is 0.857 bits per heavy atom. The van der Waals surface area contributed by atoms with Crippen molar-refractivity contribution in [1.82, 2.24) is 0 Å². The third kappa shape index (κ3) is 4.46. The average molecular weight is 289 g/mol. The Morgan fingerprint density at radius 3 is 2.10 bits per heavy atom. The predicted octanol–water partition coefficient (Wildman–Crippen LogP) is 3.68. The van der Waals surface area contributed by atoms with E-state index in [0.717, 1.165) is 12.1 Å². The second kappa shape index (κ2) is 7.25. The van der Waals surface area contributed by atoms with E-state index in [9.17, 15) is 8.78 Å². The van der Waals surface area contributed by atoms with Gasteiger partial charge in [-0.25, -0.2) is 8.78 Å². The minimum absolute atomic E-state index is 0.285. The van der Waals surface area contributed by atoms with E-state index in [2.05, 4.69) is 0 Å². The Hall–Kier alpha value is -2.61. The van der Waals surface area contributed by atoms with Gasteiger partial charge in [-0.15, -0.1) is 0 Å². The lowest BCUT2D eigenvalue weighted by Crippen LogP contribution is -2.05. The summed E-state index contributed by atoms with van der Waals surface area (Å²) >= 11 is 0. The molecule has 0 spiro atoms. The second-order valence-electron chi connectivity index (χ2n) is 4.26. The first-order valence-corrected chi connectivity index (χ1v) is 6.40. The third-order valence-electron chi connectivity index (χ3n) is 2.70. The molecule has 0 aliphatic rings. The summed E-state index contributed by atoms with van der Waals surface area (Å²) in [5.74, 6) is -0.873. The van der Waals surface area contributed by atoms with E-state index >= 15 is 0 Å². The van der Waals surface area contributed by atoms with Crippen molar-refractivity contribution in [1.29, 1.82) is 5.26 Å². The molecule has 2 aromatic rings. The van der Waals surface area contributed by atoms with Gasteiger partial charge < -0.3 is 9.47 Å². The maximum Gasteiger partial charge on any atom is 0.162 e. The van der Waals surface area contributed by atoms with Crippen LogP contribution in [0.1, 0.15) is 12.0 Å². The van der Waals surface area contributed by atoms with E-state index in [1.54, 1.807) is 24.3 Å². The van der Waals surface area contributed by atoms with Gasteiger partial charge in [0.1, 0.15) is 11.5 Å². The van der Waals surface area contributed by atoms with E-state index in [0.29, 0.717) is 30.9 Å². The Bertz CT molecular complexity index is 636. The maximum absolute atomic E-state index is 12.9. The van der Waals surface area contributed by atoms with Crippen molar-refractivity contribution in [2.24, 2.45) is 0 Å².